The first-order chi connectivity index (χ1) is 14.5. The molecule has 0 radical (unpaired) electrons. The minimum absolute atomic E-state index is 0.225. The molecule has 3 aromatic carbocycles. The second-order valence-electron chi connectivity index (χ2n) is 7.91. The number of fused-ring (bicyclic) bond motifs is 1. The van der Waals surface area contributed by atoms with E-state index < -0.39 is 17.5 Å². The van der Waals surface area contributed by atoms with E-state index in [1.54, 1.807) is 12.1 Å². The molecular formula is C26H25F3O. The standard InChI is InChI=1S/C26H25F3O/c1-2-3-4-5-17-6-12-25-19(14-17)9-13-26(30-25)20-7-10-21(23(28)16-20)18-8-11-22(27)24(29)15-18/h6-8,10-12,14-16,26H,2-5,9,13H2,1H3. The maximum absolute atomic E-state index is 14.7. The van der Waals surface area contributed by atoms with Gasteiger partial charge in [-0.3, -0.25) is 0 Å². The first kappa shape index (κ1) is 20.5. The third kappa shape index (κ3) is 4.38. The smallest absolute Gasteiger partial charge is 0.159 e. The Hall–Kier alpha value is -2.75. The minimum Gasteiger partial charge on any atom is -0.485 e. The molecule has 0 spiro atoms. The average Bonchev–Trinajstić information content (AvgIpc) is 2.75. The van der Waals surface area contributed by atoms with Gasteiger partial charge in [0.15, 0.2) is 11.6 Å². The Bertz CT molecular complexity index is 1040. The maximum Gasteiger partial charge on any atom is 0.159 e. The predicted molar refractivity (Wildman–Crippen MR) is 113 cm³/mol. The summed E-state index contributed by atoms with van der Waals surface area (Å²) in [6, 6.07) is 14.6. The van der Waals surface area contributed by atoms with E-state index in [-0.39, 0.29) is 11.7 Å². The van der Waals surface area contributed by atoms with Crippen LogP contribution in [0.2, 0.25) is 0 Å². The van der Waals surface area contributed by atoms with Gasteiger partial charge in [0.2, 0.25) is 0 Å². The summed E-state index contributed by atoms with van der Waals surface area (Å²) in [5.74, 6) is -1.55. The SMILES string of the molecule is CCCCCc1ccc2c(c1)CCC(c1ccc(-c3ccc(F)c(F)c3)c(F)c1)O2. The normalized spacial score (nSPS) is 15.5. The Morgan fingerprint density at radius 1 is 0.867 bits per heavy atom. The van der Waals surface area contributed by atoms with Gasteiger partial charge in [0.1, 0.15) is 17.7 Å². The van der Waals surface area contributed by atoms with E-state index in [1.165, 1.54) is 42.5 Å². The molecular weight excluding hydrogens is 385 g/mol. The van der Waals surface area contributed by atoms with Crippen molar-refractivity contribution in [2.24, 2.45) is 0 Å². The lowest BCUT2D eigenvalue weighted by Crippen LogP contribution is -2.15. The highest BCUT2D eigenvalue weighted by Gasteiger charge is 2.23. The summed E-state index contributed by atoms with van der Waals surface area (Å²) in [6.07, 6.45) is 6.16. The second-order valence-corrected chi connectivity index (χ2v) is 7.91. The van der Waals surface area contributed by atoms with Gasteiger partial charge in [-0.05, 0) is 72.2 Å². The maximum atomic E-state index is 14.7. The van der Waals surface area contributed by atoms with Crippen LogP contribution in [0.4, 0.5) is 13.2 Å². The quantitative estimate of drug-likeness (QED) is 0.381. The Kier molecular flexibility index (Phi) is 6.12. The second kappa shape index (κ2) is 8.95. The lowest BCUT2D eigenvalue weighted by atomic mass is 9.94. The van der Waals surface area contributed by atoms with Gasteiger partial charge in [-0.1, -0.05) is 50.1 Å². The molecule has 0 N–H and O–H groups in total. The highest BCUT2D eigenvalue weighted by molar-refractivity contribution is 5.64. The van der Waals surface area contributed by atoms with E-state index >= 15 is 0 Å². The molecule has 0 saturated carbocycles. The average molecular weight is 410 g/mol. The van der Waals surface area contributed by atoms with Crippen molar-refractivity contribution in [1.29, 1.82) is 0 Å². The molecule has 1 nitrogen and oxygen atoms in total. The monoisotopic (exact) mass is 410 g/mol. The fourth-order valence-corrected chi connectivity index (χ4v) is 4.04. The number of hydrogen-bond acceptors (Lipinski definition) is 1. The van der Waals surface area contributed by atoms with Gasteiger partial charge in [-0.2, -0.15) is 0 Å². The Morgan fingerprint density at radius 3 is 2.50 bits per heavy atom. The van der Waals surface area contributed by atoms with Crippen LogP contribution in [0.25, 0.3) is 11.1 Å². The molecule has 0 aliphatic carbocycles. The molecule has 0 aromatic heterocycles. The highest BCUT2D eigenvalue weighted by Crippen LogP contribution is 2.37. The van der Waals surface area contributed by atoms with E-state index in [1.807, 2.05) is 6.07 Å². The molecule has 1 heterocycles. The van der Waals surface area contributed by atoms with Crippen molar-refractivity contribution in [1.82, 2.24) is 0 Å². The minimum atomic E-state index is -0.989. The van der Waals surface area contributed by atoms with Crippen LogP contribution in [0.5, 0.6) is 5.75 Å². The third-order valence-electron chi connectivity index (χ3n) is 5.73. The van der Waals surface area contributed by atoms with Crippen LogP contribution in [-0.4, -0.2) is 0 Å². The van der Waals surface area contributed by atoms with E-state index in [4.69, 9.17) is 4.74 Å². The molecule has 1 atom stereocenters. The van der Waals surface area contributed by atoms with Crippen molar-refractivity contribution >= 4 is 0 Å². The Labute approximate surface area is 175 Å². The summed E-state index contributed by atoms with van der Waals surface area (Å²) in [6.45, 7) is 2.20. The Morgan fingerprint density at radius 2 is 1.73 bits per heavy atom. The van der Waals surface area contributed by atoms with Gasteiger partial charge in [0.05, 0.1) is 0 Å². The highest BCUT2D eigenvalue weighted by atomic mass is 19.2. The molecule has 30 heavy (non-hydrogen) atoms. The fourth-order valence-electron chi connectivity index (χ4n) is 4.04. The zero-order chi connectivity index (χ0) is 21.1. The summed E-state index contributed by atoms with van der Waals surface area (Å²) in [4.78, 5) is 0. The van der Waals surface area contributed by atoms with Crippen molar-refractivity contribution in [2.45, 2.75) is 51.6 Å². The van der Waals surface area contributed by atoms with Crippen molar-refractivity contribution < 1.29 is 17.9 Å². The van der Waals surface area contributed by atoms with Gasteiger partial charge >= 0.3 is 0 Å². The van der Waals surface area contributed by atoms with Gasteiger partial charge in [0.25, 0.3) is 0 Å². The van der Waals surface area contributed by atoms with E-state index in [9.17, 15) is 13.2 Å². The van der Waals surface area contributed by atoms with Gasteiger partial charge in [0, 0.05) is 5.56 Å². The van der Waals surface area contributed by atoms with E-state index in [0.717, 1.165) is 42.7 Å². The lowest BCUT2D eigenvalue weighted by molar-refractivity contribution is 0.176. The molecule has 1 unspecified atom stereocenters. The number of benzene rings is 3. The topological polar surface area (TPSA) is 9.23 Å². The van der Waals surface area contributed by atoms with E-state index in [0.29, 0.717) is 5.56 Å². The zero-order valence-electron chi connectivity index (χ0n) is 17.1. The molecule has 156 valence electrons. The lowest BCUT2D eigenvalue weighted by Gasteiger charge is -2.27. The van der Waals surface area contributed by atoms with Crippen LogP contribution in [0.3, 0.4) is 0 Å². The van der Waals surface area contributed by atoms with Crippen molar-refractivity contribution in [3.8, 4) is 16.9 Å². The molecule has 4 rings (SSSR count). The first-order valence-electron chi connectivity index (χ1n) is 10.6. The first-order valence-corrected chi connectivity index (χ1v) is 10.6. The Balaban J connectivity index is 1.50. The molecule has 1 aliphatic rings. The number of rotatable bonds is 6. The fraction of sp³-hybridized carbons (Fsp3) is 0.308. The summed E-state index contributed by atoms with van der Waals surface area (Å²) >= 11 is 0. The molecule has 0 saturated heterocycles. The van der Waals surface area contributed by atoms with Crippen molar-refractivity contribution in [2.75, 3.05) is 0 Å². The van der Waals surface area contributed by atoms with E-state index in [2.05, 4.69) is 19.1 Å². The number of aryl methyl sites for hydroxylation is 2. The van der Waals surface area contributed by atoms with Gasteiger partial charge in [-0.25, -0.2) is 13.2 Å². The largest absolute Gasteiger partial charge is 0.485 e. The number of ether oxygens (including phenoxy) is 1. The van der Waals surface area contributed by atoms with Crippen LogP contribution in [0, 0.1) is 17.5 Å². The summed E-state index contributed by atoms with van der Waals surface area (Å²) in [5, 5.41) is 0. The molecule has 0 bridgehead atoms. The number of unbranched alkanes of at least 4 members (excludes halogenated alkanes) is 2. The van der Waals surface area contributed by atoms with Crippen molar-refractivity contribution in [3.63, 3.8) is 0 Å². The summed E-state index contributed by atoms with van der Waals surface area (Å²) in [5.41, 5.74) is 3.84. The molecule has 1 aliphatic heterocycles. The summed E-state index contributed by atoms with van der Waals surface area (Å²) in [7, 11) is 0. The molecule has 3 aromatic rings. The van der Waals surface area contributed by atoms with Crippen LogP contribution < -0.4 is 4.74 Å². The summed E-state index contributed by atoms with van der Waals surface area (Å²) < 4.78 is 47.6. The number of hydrogen-bond donors (Lipinski definition) is 0. The molecule has 4 heteroatoms. The van der Waals surface area contributed by atoms with Crippen LogP contribution in [-0.2, 0) is 12.8 Å². The number of halogens is 3. The zero-order valence-corrected chi connectivity index (χ0v) is 17.1. The molecule has 0 amide bonds. The third-order valence-corrected chi connectivity index (χ3v) is 5.73. The van der Waals surface area contributed by atoms with Gasteiger partial charge in [-0.15, -0.1) is 0 Å². The predicted octanol–water partition coefficient (Wildman–Crippen LogP) is 7.57. The van der Waals surface area contributed by atoms with Crippen LogP contribution in [0.1, 0.15) is 55.4 Å². The van der Waals surface area contributed by atoms with Crippen LogP contribution >= 0.6 is 0 Å². The van der Waals surface area contributed by atoms with Crippen molar-refractivity contribution in [3.05, 3.63) is 88.7 Å². The van der Waals surface area contributed by atoms with Gasteiger partial charge < -0.3 is 4.74 Å². The van der Waals surface area contributed by atoms with Crippen LogP contribution in [0.15, 0.2) is 54.6 Å². The molecule has 0 fully saturated rings.